The van der Waals surface area contributed by atoms with Gasteiger partial charge in [-0.05, 0) is 22.6 Å². The molecule has 106 valence electrons. The van der Waals surface area contributed by atoms with Gasteiger partial charge in [0.15, 0.2) is 0 Å². The summed E-state index contributed by atoms with van der Waals surface area (Å²) in [6, 6.07) is 8.99. The fourth-order valence-corrected chi connectivity index (χ4v) is 2.86. The van der Waals surface area contributed by atoms with Crippen molar-refractivity contribution < 1.29 is 9.90 Å². The average molecular weight is 300 g/mol. The summed E-state index contributed by atoms with van der Waals surface area (Å²) in [6.07, 6.45) is 1.55. The summed E-state index contributed by atoms with van der Waals surface area (Å²) in [4.78, 5) is 27.9. The summed E-state index contributed by atoms with van der Waals surface area (Å²) in [5.74, 6) is -0.855. The maximum atomic E-state index is 12.3. The van der Waals surface area contributed by atoms with Crippen LogP contribution in [0, 0.1) is 0 Å². The van der Waals surface area contributed by atoms with Crippen LogP contribution in [0.25, 0.3) is 10.2 Å². The summed E-state index contributed by atoms with van der Waals surface area (Å²) in [7, 11) is 0. The second-order valence-corrected chi connectivity index (χ2v) is 5.60. The van der Waals surface area contributed by atoms with E-state index in [0.717, 1.165) is 16.0 Å². The molecule has 0 amide bonds. The van der Waals surface area contributed by atoms with Crippen LogP contribution >= 0.6 is 11.3 Å². The zero-order valence-electron chi connectivity index (χ0n) is 11.0. The Labute approximate surface area is 124 Å². The largest absolute Gasteiger partial charge is 0.481 e. The van der Waals surface area contributed by atoms with E-state index in [1.165, 1.54) is 11.3 Å². The van der Waals surface area contributed by atoms with E-state index in [-0.39, 0.29) is 12.0 Å². The molecule has 0 unspecified atom stereocenters. The Bertz CT molecular complexity index is 849. The molecule has 2 aromatic heterocycles. The number of fused-ring (bicyclic) bond motifs is 1. The van der Waals surface area contributed by atoms with Crippen molar-refractivity contribution in [2.24, 2.45) is 0 Å². The molecule has 0 saturated carbocycles. The third-order valence-corrected chi connectivity index (χ3v) is 4.00. The molecule has 3 aromatic rings. The van der Waals surface area contributed by atoms with Crippen molar-refractivity contribution in [3.8, 4) is 0 Å². The molecular formula is C15H12N2O3S. The van der Waals surface area contributed by atoms with Gasteiger partial charge in [-0.25, -0.2) is 4.98 Å². The first kappa shape index (κ1) is 13.5. The van der Waals surface area contributed by atoms with Crippen LogP contribution in [0.4, 0.5) is 0 Å². The van der Waals surface area contributed by atoms with E-state index in [1.54, 1.807) is 29.1 Å². The van der Waals surface area contributed by atoms with Crippen molar-refractivity contribution in [1.82, 2.24) is 9.55 Å². The molecule has 6 heteroatoms. The minimum absolute atomic E-state index is 0.00263. The van der Waals surface area contributed by atoms with Crippen LogP contribution in [0.3, 0.4) is 0 Å². The predicted molar refractivity (Wildman–Crippen MR) is 80.8 cm³/mol. The lowest BCUT2D eigenvalue weighted by molar-refractivity contribution is -0.136. The molecule has 2 heterocycles. The molecular weight excluding hydrogens is 288 g/mol. The van der Waals surface area contributed by atoms with Gasteiger partial charge in [-0.2, -0.15) is 0 Å². The fourth-order valence-electron chi connectivity index (χ4n) is 2.14. The van der Waals surface area contributed by atoms with Crippen LogP contribution in [0.2, 0.25) is 0 Å². The van der Waals surface area contributed by atoms with Gasteiger partial charge in [0, 0.05) is 0 Å². The highest BCUT2D eigenvalue weighted by Crippen LogP contribution is 2.14. The van der Waals surface area contributed by atoms with Gasteiger partial charge >= 0.3 is 5.97 Å². The average Bonchev–Trinajstić information content (AvgIpc) is 2.93. The lowest BCUT2D eigenvalue weighted by Gasteiger charge is -2.06. The molecule has 0 aliphatic heterocycles. The van der Waals surface area contributed by atoms with E-state index in [0.29, 0.717) is 11.9 Å². The van der Waals surface area contributed by atoms with E-state index in [1.807, 2.05) is 17.5 Å². The Balaban J connectivity index is 1.86. The predicted octanol–water partition coefficient (Wildman–Crippen LogP) is 2.13. The number of rotatable bonds is 4. The highest BCUT2D eigenvalue weighted by molar-refractivity contribution is 7.16. The number of carbonyl (C=O) groups is 1. The Hall–Kier alpha value is -2.47. The summed E-state index contributed by atoms with van der Waals surface area (Å²) < 4.78 is 1.56. The van der Waals surface area contributed by atoms with Crippen LogP contribution < -0.4 is 5.56 Å². The van der Waals surface area contributed by atoms with Gasteiger partial charge in [0.25, 0.3) is 5.56 Å². The van der Waals surface area contributed by atoms with Crippen molar-refractivity contribution in [1.29, 1.82) is 0 Å². The molecule has 0 atom stereocenters. The molecule has 0 bridgehead atoms. The second-order valence-electron chi connectivity index (χ2n) is 4.70. The van der Waals surface area contributed by atoms with Crippen molar-refractivity contribution in [3.63, 3.8) is 0 Å². The fraction of sp³-hybridized carbons (Fsp3) is 0.133. The number of benzene rings is 1. The van der Waals surface area contributed by atoms with Crippen LogP contribution in [-0.2, 0) is 17.8 Å². The lowest BCUT2D eigenvalue weighted by Crippen LogP contribution is -2.20. The zero-order valence-corrected chi connectivity index (χ0v) is 11.8. The summed E-state index contributed by atoms with van der Waals surface area (Å²) >= 11 is 1.44. The number of hydrogen-bond acceptors (Lipinski definition) is 4. The van der Waals surface area contributed by atoms with E-state index in [4.69, 9.17) is 5.11 Å². The zero-order chi connectivity index (χ0) is 14.8. The van der Waals surface area contributed by atoms with Gasteiger partial charge in [-0.15, -0.1) is 11.3 Å². The first-order valence-electron chi connectivity index (χ1n) is 6.36. The van der Waals surface area contributed by atoms with Gasteiger partial charge < -0.3 is 5.11 Å². The van der Waals surface area contributed by atoms with E-state index >= 15 is 0 Å². The van der Waals surface area contributed by atoms with E-state index in [2.05, 4.69) is 4.98 Å². The molecule has 0 radical (unpaired) electrons. The number of carboxylic acid groups (broad SMARTS) is 1. The molecule has 1 N–H and O–H groups in total. The molecule has 0 aliphatic rings. The Morgan fingerprint density at radius 3 is 2.62 bits per heavy atom. The maximum absolute atomic E-state index is 12.3. The lowest BCUT2D eigenvalue weighted by atomic mass is 10.1. The number of aromatic nitrogens is 2. The molecule has 0 spiro atoms. The Morgan fingerprint density at radius 2 is 1.90 bits per heavy atom. The molecule has 1 aromatic carbocycles. The topological polar surface area (TPSA) is 72.2 Å². The third-order valence-electron chi connectivity index (χ3n) is 3.18. The number of carboxylic acids is 1. The van der Waals surface area contributed by atoms with Gasteiger partial charge in [-0.3, -0.25) is 14.2 Å². The van der Waals surface area contributed by atoms with Gasteiger partial charge in [0.05, 0.1) is 24.7 Å². The number of thiophene rings is 1. The van der Waals surface area contributed by atoms with Crippen LogP contribution in [0.5, 0.6) is 0 Å². The van der Waals surface area contributed by atoms with Gasteiger partial charge in [-0.1, -0.05) is 24.3 Å². The first-order valence-corrected chi connectivity index (χ1v) is 7.24. The quantitative estimate of drug-likeness (QED) is 0.801. The van der Waals surface area contributed by atoms with Crippen molar-refractivity contribution in [2.75, 3.05) is 0 Å². The van der Waals surface area contributed by atoms with Gasteiger partial charge in [0.1, 0.15) is 4.83 Å². The molecule has 3 rings (SSSR count). The minimum atomic E-state index is -0.855. The van der Waals surface area contributed by atoms with Crippen molar-refractivity contribution in [3.05, 3.63) is 63.5 Å². The molecule has 0 aliphatic carbocycles. The number of aliphatic carboxylic acids is 1. The summed E-state index contributed by atoms with van der Waals surface area (Å²) in [5.41, 5.74) is 1.61. The van der Waals surface area contributed by atoms with Crippen LogP contribution in [0.1, 0.15) is 11.1 Å². The summed E-state index contributed by atoms with van der Waals surface area (Å²) in [6.45, 7) is 0.422. The van der Waals surface area contributed by atoms with Crippen molar-refractivity contribution in [2.45, 2.75) is 13.0 Å². The van der Waals surface area contributed by atoms with Crippen LogP contribution in [0.15, 0.2) is 46.8 Å². The smallest absolute Gasteiger partial charge is 0.307 e. The monoisotopic (exact) mass is 300 g/mol. The highest BCUT2D eigenvalue weighted by Gasteiger charge is 2.06. The SMILES string of the molecule is O=C(O)Cc1ccc(Cn2cnc3sccc3c2=O)cc1. The van der Waals surface area contributed by atoms with Crippen LogP contribution in [-0.4, -0.2) is 20.6 Å². The normalized spacial score (nSPS) is 10.9. The van der Waals surface area contributed by atoms with Gasteiger partial charge in [0.2, 0.25) is 0 Å². The summed E-state index contributed by atoms with van der Waals surface area (Å²) in [5, 5.41) is 11.2. The second kappa shape index (κ2) is 5.49. The molecule has 0 fully saturated rings. The van der Waals surface area contributed by atoms with E-state index in [9.17, 15) is 9.59 Å². The third kappa shape index (κ3) is 2.85. The maximum Gasteiger partial charge on any atom is 0.307 e. The number of hydrogen-bond donors (Lipinski definition) is 1. The molecule has 5 nitrogen and oxygen atoms in total. The molecule has 21 heavy (non-hydrogen) atoms. The number of nitrogens with zero attached hydrogens (tertiary/aromatic N) is 2. The standard InChI is InChI=1S/C15H12N2O3S/c18-13(19)7-10-1-3-11(4-2-10)8-17-9-16-14-12(15(17)20)5-6-21-14/h1-6,9H,7-8H2,(H,18,19). The Kier molecular flexibility index (Phi) is 3.53. The Morgan fingerprint density at radius 1 is 1.19 bits per heavy atom. The molecule has 0 saturated heterocycles. The minimum Gasteiger partial charge on any atom is -0.481 e. The highest BCUT2D eigenvalue weighted by atomic mass is 32.1. The van der Waals surface area contributed by atoms with Crippen molar-refractivity contribution >= 4 is 27.5 Å². The first-order chi connectivity index (χ1) is 10.1. The van der Waals surface area contributed by atoms with E-state index < -0.39 is 5.97 Å².